The van der Waals surface area contributed by atoms with E-state index in [0.717, 1.165) is 25.9 Å². The van der Waals surface area contributed by atoms with Crippen LogP contribution in [0.2, 0.25) is 0 Å². The summed E-state index contributed by atoms with van der Waals surface area (Å²) in [5.41, 5.74) is 0. The molecule has 0 aromatic carbocycles. The number of carbonyl (C=O) groups is 1. The predicted molar refractivity (Wildman–Crippen MR) is 101 cm³/mol. The van der Waals surface area contributed by atoms with Crippen LogP contribution in [-0.2, 0) is 0 Å². The maximum absolute atomic E-state index is 13.1. The van der Waals surface area contributed by atoms with E-state index in [1.807, 2.05) is 6.92 Å². The van der Waals surface area contributed by atoms with Gasteiger partial charge < -0.3 is 16.0 Å². The molecule has 0 aromatic heterocycles. The third-order valence-electron chi connectivity index (χ3n) is 5.70. The molecular weight excluding hydrogens is 397 g/mol. The predicted octanol–water partition coefficient (Wildman–Crippen LogP) is 1.16. The molecule has 1 aliphatic carbocycles. The van der Waals surface area contributed by atoms with Crippen LogP contribution in [0.25, 0.3) is 0 Å². The summed E-state index contributed by atoms with van der Waals surface area (Å²) >= 11 is 5.85. The first-order chi connectivity index (χ1) is 13.2. The molecule has 1 saturated carbocycles. The van der Waals surface area contributed by atoms with Crippen molar-refractivity contribution in [3.05, 3.63) is 0 Å². The van der Waals surface area contributed by atoms with Gasteiger partial charge in [0.15, 0.2) is 0 Å². The highest BCUT2D eigenvalue weighted by molar-refractivity contribution is 6.20. The van der Waals surface area contributed by atoms with E-state index >= 15 is 0 Å². The highest BCUT2D eigenvalue weighted by atomic mass is 35.5. The lowest BCUT2D eigenvalue weighted by Crippen LogP contribution is -2.69. The van der Waals surface area contributed by atoms with E-state index in [0.29, 0.717) is 12.5 Å². The lowest BCUT2D eigenvalue weighted by molar-refractivity contribution is -0.182. The minimum absolute atomic E-state index is 0.0488. The average Bonchev–Trinajstić information content (AvgIpc) is 3.08. The molecule has 0 bridgehead atoms. The number of alkyl halides is 4. The van der Waals surface area contributed by atoms with Gasteiger partial charge in [-0.2, -0.15) is 13.2 Å². The van der Waals surface area contributed by atoms with Gasteiger partial charge in [-0.05, 0) is 45.6 Å². The second-order valence-corrected chi connectivity index (χ2v) is 8.66. The summed E-state index contributed by atoms with van der Waals surface area (Å²) in [4.78, 5) is 12.3. The Balaban J connectivity index is 1.46. The van der Waals surface area contributed by atoms with E-state index in [1.54, 1.807) is 0 Å². The van der Waals surface area contributed by atoms with Crippen molar-refractivity contribution in [2.24, 2.45) is 5.92 Å². The first-order valence-corrected chi connectivity index (χ1v) is 10.4. The normalized spacial score (nSPS) is 39.5. The number of hydrogen-bond acceptors (Lipinski definition) is 5. The fourth-order valence-electron chi connectivity index (χ4n) is 4.27. The fraction of sp³-hybridized carbons (Fsp3) is 0.941. The molecule has 3 rings (SSSR count). The van der Waals surface area contributed by atoms with Gasteiger partial charge in [0.1, 0.15) is 6.29 Å². The zero-order chi connectivity index (χ0) is 20.3. The molecule has 7 atom stereocenters. The minimum atomic E-state index is -4.35. The molecule has 0 spiro atoms. The number of carbonyl (C=O) groups excluding carboxylic acids is 1. The smallest absolute Gasteiger partial charge is 0.335 e. The maximum Gasteiger partial charge on any atom is 0.393 e. The third-order valence-corrected chi connectivity index (χ3v) is 6.22. The molecule has 2 aliphatic heterocycles. The summed E-state index contributed by atoms with van der Waals surface area (Å²) in [5.74, 6) is -1.59. The van der Waals surface area contributed by atoms with Gasteiger partial charge in [0.25, 0.3) is 0 Å². The Kier molecular flexibility index (Phi) is 7.30. The Labute approximate surface area is 168 Å². The van der Waals surface area contributed by atoms with Crippen LogP contribution in [0, 0.1) is 5.92 Å². The second-order valence-electron chi connectivity index (χ2n) is 8.10. The van der Waals surface area contributed by atoms with Crippen LogP contribution in [0.4, 0.5) is 18.0 Å². The highest BCUT2D eigenvalue weighted by Crippen LogP contribution is 2.40. The lowest BCUT2D eigenvalue weighted by atomic mass is 9.85. The first-order valence-electron chi connectivity index (χ1n) is 9.97. The molecular formula is C17H30ClF3N6O. The number of hydrogen-bond donors (Lipinski definition) is 6. The topological polar surface area (TPSA) is 89.2 Å². The van der Waals surface area contributed by atoms with Gasteiger partial charge in [-0.1, -0.05) is 0 Å². The standard InChI is InChI=1S/C17H30ClF3N6O/c1-9-6-14(24-11-4-5-22-8-11)26-15(23-9)27-16(28)25-10-2-3-13(18)12(7-10)17(19,20)21/h9-15,22-24,26H,2-8H2,1H3,(H2,25,27,28). The van der Waals surface area contributed by atoms with Gasteiger partial charge in [-0.15, -0.1) is 11.6 Å². The molecule has 2 saturated heterocycles. The highest BCUT2D eigenvalue weighted by Gasteiger charge is 2.47. The summed E-state index contributed by atoms with van der Waals surface area (Å²) in [6, 6.07) is -0.456. The second kappa shape index (κ2) is 9.34. The number of nitrogens with one attached hydrogen (secondary N) is 6. The van der Waals surface area contributed by atoms with Crippen LogP contribution in [0.3, 0.4) is 0 Å². The molecule has 6 N–H and O–H groups in total. The van der Waals surface area contributed by atoms with Crippen molar-refractivity contribution in [1.29, 1.82) is 0 Å². The van der Waals surface area contributed by atoms with Gasteiger partial charge in [0.05, 0.1) is 12.1 Å². The van der Waals surface area contributed by atoms with Gasteiger partial charge in [0.2, 0.25) is 0 Å². The largest absolute Gasteiger partial charge is 0.393 e. The SMILES string of the molecule is CC1CC(NC2CCNC2)NC(NC(=O)NC2CCC(Cl)C(C(F)(F)F)C2)N1. The Morgan fingerprint density at radius 1 is 1.07 bits per heavy atom. The molecule has 2 amide bonds. The van der Waals surface area contributed by atoms with Crippen molar-refractivity contribution < 1.29 is 18.0 Å². The Morgan fingerprint density at radius 2 is 1.86 bits per heavy atom. The quantitative estimate of drug-likeness (QED) is 0.380. The van der Waals surface area contributed by atoms with Crippen LogP contribution in [0.5, 0.6) is 0 Å². The average molecular weight is 427 g/mol. The Morgan fingerprint density at radius 3 is 2.54 bits per heavy atom. The first kappa shape index (κ1) is 21.9. The summed E-state index contributed by atoms with van der Waals surface area (Å²) in [6.07, 6.45) is -2.35. The van der Waals surface area contributed by atoms with E-state index in [-0.39, 0.29) is 25.0 Å². The van der Waals surface area contributed by atoms with Crippen LogP contribution >= 0.6 is 11.6 Å². The minimum Gasteiger partial charge on any atom is -0.335 e. The Bertz CT molecular complexity index is 534. The van der Waals surface area contributed by atoms with E-state index in [2.05, 4.69) is 31.9 Å². The number of rotatable bonds is 4. The molecule has 0 aromatic rings. The van der Waals surface area contributed by atoms with Gasteiger partial charge in [0, 0.05) is 30.0 Å². The number of amides is 2. The molecule has 28 heavy (non-hydrogen) atoms. The Hall–Kier alpha value is -0.810. The van der Waals surface area contributed by atoms with Crippen molar-refractivity contribution in [3.8, 4) is 0 Å². The van der Waals surface area contributed by atoms with Crippen molar-refractivity contribution in [3.63, 3.8) is 0 Å². The molecule has 162 valence electrons. The van der Waals surface area contributed by atoms with Gasteiger partial charge >= 0.3 is 12.2 Å². The van der Waals surface area contributed by atoms with Crippen molar-refractivity contribution in [2.45, 2.75) is 81.2 Å². The summed E-state index contributed by atoms with van der Waals surface area (Å²) in [6.45, 7) is 3.94. The fourth-order valence-corrected chi connectivity index (χ4v) is 4.64. The van der Waals surface area contributed by atoms with Crippen LogP contribution in [0.15, 0.2) is 0 Å². The lowest BCUT2D eigenvalue weighted by Gasteiger charge is -2.38. The number of urea groups is 1. The molecule has 7 nitrogen and oxygen atoms in total. The maximum atomic E-state index is 13.1. The molecule has 7 unspecified atom stereocenters. The molecule has 3 aliphatic rings. The summed E-state index contributed by atoms with van der Waals surface area (Å²) in [7, 11) is 0. The van der Waals surface area contributed by atoms with Gasteiger partial charge in [-0.3, -0.25) is 16.0 Å². The van der Waals surface area contributed by atoms with Crippen LogP contribution in [0.1, 0.15) is 39.0 Å². The number of halogens is 4. The van der Waals surface area contributed by atoms with Crippen molar-refractivity contribution in [1.82, 2.24) is 31.9 Å². The monoisotopic (exact) mass is 426 g/mol. The summed E-state index contributed by atoms with van der Waals surface area (Å²) < 4.78 is 39.3. The van der Waals surface area contributed by atoms with E-state index in [1.165, 1.54) is 0 Å². The van der Waals surface area contributed by atoms with E-state index in [9.17, 15) is 18.0 Å². The molecule has 11 heteroatoms. The van der Waals surface area contributed by atoms with Crippen molar-refractivity contribution >= 4 is 17.6 Å². The molecule has 0 radical (unpaired) electrons. The van der Waals surface area contributed by atoms with E-state index in [4.69, 9.17) is 11.6 Å². The van der Waals surface area contributed by atoms with Crippen LogP contribution < -0.4 is 31.9 Å². The third kappa shape index (κ3) is 6.09. The van der Waals surface area contributed by atoms with Crippen LogP contribution in [-0.4, -0.2) is 61.3 Å². The zero-order valence-electron chi connectivity index (χ0n) is 15.9. The molecule has 3 fully saturated rings. The molecule has 2 heterocycles. The zero-order valence-corrected chi connectivity index (χ0v) is 16.7. The summed E-state index contributed by atoms with van der Waals surface area (Å²) in [5, 5.41) is 17.9. The van der Waals surface area contributed by atoms with Crippen molar-refractivity contribution in [2.75, 3.05) is 13.1 Å². The van der Waals surface area contributed by atoms with Gasteiger partial charge in [-0.25, -0.2) is 4.79 Å². The van der Waals surface area contributed by atoms with E-state index < -0.39 is 35.8 Å².